The van der Waals surface area contributed by atoms with Gasteiger partial charge in [-0.2, -0.15) is 0 Å². The number of nitrogen functional groups attached to an aromatic ring is 1. The zero-order valence-corrected chi connectivity index (χ0v) is 10.4. The maximum absolute atomic E-state index is 13.0. The first-order valence-corrected chi connectivity index (χ1v) is 6.69. The molecule has 7 heteroatoms. The number of sulfonamides is 1. The third-order valence-electron chi connectivity index (χ3n) is 2.31. The first-order chi connectivity index (χ1) is 8.87. The highest BCUT2D eigenvalue weighted by Gasteiger charge is 2.16. The van der Waals surface area contributed by atoms with Gasteiger partial charge in [-0.15, -0.1) is 0 Å². The zero-order valence-electron chi connectivity index (χ0n) is 9.60. The minimum Gasteiger partial charge on any atom is -0.399 e. The Bertz CT molecular complexity index is 680. The zero-order chi connectivity index (χ0) is 14.0. The lowest BCUT2D eigenvalue weighted by Crippen LogP contribution is -2.13. The highest BCUT2D eigenvalue weighted by atomic mass is 32.2. The van der Waals surface area contributed by atoms with Crippen molar-refractivity contribution in [2.75, 3.05) is 10.5 Å². The van der Waals surface area contributed by atoms with Gasteiger partial charge in [0.2, 0.25) is 0 Å². The van der Waals surface area contributed by atoms with E-state index in [-0.39, 0.29) is 5.69 Å². The van der Waals surface area contributed by atoms with Crippen LogP contribution in [0.2, 0.25) is 0 Å². The summed E-state index contributed by atoms with van der Waals surface area (Å²) < 4.78 is 52.0. The molecule has 0 fully saturated rings. The van der Waals surface area contributed by atoms with E-state index in [1.54, 1.807) is 0 Å². The average molecular weight is 284 g/mol. The summed E-state index contributed by atoms with van der Waals surface area (Å²) >= 11 is 0. The average Bonchev–Trinajstić information content (AvgIpc) is 2.31. The molecule has 0 unspecified atom stereocenters. The van der Waals surface area contributed by atoms with Crippen molar-refractivity contribution < 1.29 is 17.2 Å². The van der Waals surface area contributed by atoms with Crippen molar-refractivity contribution in [2.45, 2.75) is 4.90 Å². The van der Waals surface area contributed by atoms with E-state index >= 15 is 0 Å². The third-order valence-corrected chi connectivity index (χ3v) is 3.67. The van der Waals surface area contributed by atoms with E-state index in [1.165, 1.54) is 24.3 Å². The molecular formula is C12H10F2N2O2S. The topological polar surface area (TPSA) is 72.2 Å². The lowest BCUT2D eigenvalue weighted by Gasteiger charge is -2.08. The quantitative estimate of drug-likeness (QED) is 0.850. The molecular weight excluding hydrogens is 274 g/mol. The standard InChI is InChI=1S/C12H10F2N2O2S/c13-8-5-9(14)7-12(6-8)19(17,18)16-11-3-1-10(15)2-4-11/h1-7,16H,15H2. The molecule has 0 saturated heterocycles. The Morgan fingerprint density at radius 2 is 1.47 bits per heavy atom. The Morgan fingerprint density at radius 3 is 2.00 bits per heavy atom. The van der Waals surface area contributed by atoms with Crippen LogP contribution in [0.4, 0.5) is 20.2 Å². The van der Waals surface area contributed by atoms with Crippen molar-refractivity contribution in [3.63, 3.8) is 0 Å². The number of hydrogen-bond donors (Lipinski definition) is 2. The maximum Gasteiger partial charge on any atom is 0.262 e. The van der Waals surface area contributed by atoms with Crippen molar-refractivity contribution in [1.82, 2.24) is 0 Å². The van der Waals surface area contributed by atoms with Gasteiger partial charge in [0.15, 0.2) is 0 Å². The van der Waals surface area contributed by atoms with E-state index in [9.17, 15) is 17.2 Å². The van der Waals surface area contributed by atoms with Gasteiger partial charge < -0.3 is 5.73 Å². The van der Waals surface area contributed by atoms with Gasteiger partial charge in [0.1, 0.15) is 11.6 Å². The van der Waals surface area contributed by atoms with Crippen LogP contribution in [0.25, 0.3) is 0 Å². The van der Waals surface area contributed by atoms with Gasteiger partial charge in [-0.05, 0) is 36.4 Å². The first kappa shape index (κ1) is 13.3. The Labute approximate surface area is 108 Å². The molecule has 2 aromatic carbocycles. The van der Waals surface area contributed by atoms with Crippen molar-refractivity contribution in [2.24, 2.45) is 0 Å². The molecule has 4 nitrogen and oxygen atoms in total. The van der Waals surface area contributed by atoms with Gasteiger partial charge in [0.25, 0.3) is 10.0 Å². The minimum absolute atomic E-state index is 0.249. The van der Waals surface area contributed by atoms with Crippen LogP contribution in [0.15, 0.2) is 47.4 Å². The van der Waals surface area contributed by atoms with Crippen LogP contribution < -0.4 is 10.5 Å². The van der Waals surface area contributed by atoms with Gasteiger partial charge in [-0.1, -0.05) is 0 Å². The number of hydrogen-bond acceptors (Lipinski definition) is 3. The predicted molar refractivity (Wildman–Crippen MR) is 68.0 cm³/mol. The molecule has 0 atom stereocenters. The second-order valence-corrected chi connectivity index (χ2v) is 5.52. The highest BCUT2D eigenvalue weighted by molar-refractivity contribution is 7.92. The van der Waals surface area contributed by atoms with E-state index in [0.29, 0.717) is 11.8 Å². The number of halogens is 2. The molecule has 0 aromatic heterocycles. The molecule has 0 spiro atoms. The molecule has 2 aromatic rings. The van der Waals surface area contributed by atoms with Crippen molar-refractivity contribution in [3.05, 3.63) is 54.1 Å². The van der Waals surface area contributed by atoms with Crippen molar-refractivity contribution in [1.29, 1.82) is 0 Å². The van der Waals surface area contributed by atoms with E-state index in [2.05, 4.69) is 4.72 Å². The first-order valence-electron chi connectivity index (χ1n) is 5.21. The van der Waals surface area contributed by atoms with Crippen molar-refractivity contribution in [3.8, 4) is 0 Å². The molecule has 0 bridgehead atoms. The molecule has 19 heavy (non-hydrogen) atoms. The third kappa shape index (κ3) is 3.19. The molecule has 3 N–H and O–H groups in total. The van der Waals surface area contributed by atoms with E-state index < -0.39 is 26.6 Å². The molecule has 2 rings (SSSR count). The Kier molecular flexibility index (Phi) is 3.39. The SMILES string of the molecule is Nc1ccc(NS(=O)(=O)c2cc(F)cc(F)c2)cc1. The highest BCUT2D eigenvalue weighted by Crippen LogP contribution is 2.19. The number of anilines is 2. The lowest BCUT2D eigenvalue weighted by molar-refractivity contribution is 0.568. The Morgan fingerprint density at radius 1 is 0.947 bits per heavy atom. The number of nitrogens with two attached hydrogens (primary N) is 1. The van der Waals surface area contributed by atoms with E-state index in [4.69, 9.17) is 5.73 Å². The molecule has 0 radical (unpaired) electrons. The molecule has 100 valence electrons. The smallest absolute Gasteiger partial charge is 0.262 e. The van der Waals surface area contributed by atoms with E-state index in [0.717, 1.165) is 12.1 Å². The molecule has 0 amide bonds. The molecule has 0 aliphatic carbocycles. The van der Waals surface area contributed by atoms with Crippen LogP contribution in [-0.2, 0) is 10.0 Å². The second kappa shape index (κ2) is 4.85. The predicted octanol–water partition coefficient (Wildman–Crippen LogP) is 2.35. The molecule has 0 saturated carbocycles. The van der Waals surface area contributed by atoms with Crippen LogP contribution >= 0.6 is 0 Å². The largest absolute Gasteiger partial charge is 0.399 e. The van der Waals surface area contributed by atoms with E-state index in [1.807, 2.05) is 0 Å². The van der Waals surface area contributed by atoms with Crippen LogP contribution in [0.5, 0.6) is 0 Å². The van der Waals surface area contributed by atoms with Gasteiger partial charge >= 0.3 is 0 Å². The van der Waals surface area contributed by atoms with Gasteiger partial charge in [0, 0.05) is 17.4 Å². The lowest BCUT2D eigenvalue weighted by atomic mass is 10.3. The monoisotopic (exact) mass is 284 g/mol. The fourth-order valence-electron chi connectivity index (χ4n) is 1.45. The van der Waals surface area contributed by atoms with Crippen LogP contribution in [0.1, 0.15) is 0 Å². The molecule has 0 aliphatic heterocycles. The summed E-state index contributed by atoms with van der Waals surface area (Å²) in [6, 6.07) is 7.98. The van der Waals surface area contributed by atoms with Crippen LogP contribution in [0.3, 0.4) is 0 Å². The van der Waals surface area contributed by atoms with Crippen LogP contribution in [0, 0.1) is 11.6 Å². The number of benzene rings is 2. The normalized spacial score (nSPS) is 11.3. The van der Waals surface area contributed by atoms with Crippen molar-refractivity contribution >= 4 is 21.4 Å². The summed E-state index contributed by atoms with van der Waals surface area (Å²) in [7, 11) is -4.04. The number of nitrogens with one attached hydrogen (secondary N) is 1. The number of rotatable bonds is 3. The van der Waals surface area contributed by atoms with Gasteiger partial charge in [-0.25, -0.2) is 17.2 Å². The molecule has 0 heterocycles. The Balaban J connectivity index is 2.34. The summed E-state index contributed by atoms with van der Waals surface area (Å²) in [4.78, 5) is -0.484. The van der Waals surface area contributed by atoms with Gasteiger partial charge in [-0.3, -0.25) is 4.72 Å². The summed E-state index contributed by atoms with van der Waals surface area (Å²) in [5, 5.41) is 0. The minimum atomic E-state index is -4.04. The fourth-order valence-corrected chi connectivity index (χ4v) is 2.55. The summed E-state index contributed by atoms with van der Waals surface area (Å²) in [5.74, 6) is -1.92. The summed E-state index contributed by atoms with van der Waals surface area (Å²) in [6.07, 6.45) is 0. The summed E-state index contributed by atoms with van der Waals surface area (Å²) in [5.41, 5.74) is 6.19. The fraction of sp³-hybridized carbons (Fsp3) is 0. The van der Waals surface area contributed by atoms with Gasteiger partial charge in [0.05, 0.1) is 4.90 Å². The Hall–Kier alpha value is -2.15. The second-order valence-electron chi connectivity index (χ2n) is 3.83. The summed E-state index contributed by atoms with van der Waals surface area (Å²) in [6.45, 7) is 0. The molecule has 0 aliphatic rings. The van der Waals surface area contributed by atoms with Crippen LogP contribution in [-0.4, -0.2) is 8.42 Å². The maximum atomic E-state index is 13.0.